The molecule has 1 heterocycles. The van der Waals surface area contributed by atoms with E-state index in [1.54, 1.807) is 6.33 Å². The minimum absolute atomic E-state index is 0.174. The molecule has 1 aromatic heterocycles. The minimum atomic E-state index is -0.769. The fourth-order valence-electron chi connectivity index (χ4n) is 1.50. The molecule has 0 aromatic carbocycles. The first kappa shape index (κ1) is 15.1. The number of carboxylic acids is 1. The summed E-state index contributed by atoms with van der Waals surface area (Å²) in [6.07, 6.45) is 3.24. The molecule has 18 heavy (non-hydrogen) atoms. The molecule has 0 fully saturated rings. The van der Waals surface area contributed by atoms with Gasteiger partial charge in [0, 0.05) is 13.0 Å². The molecule has 100 valence electrons. The summed E-state index contributed by atoms with van der Waals surface area (Å²) in [5.74, 6) is 0.578. The van der Waals surface area contributed by atoms with Crippen molar-refractivity contribution in [3.8, 4) is 0 Å². The number of carbonyl (C=O) groups is 1. The van der Waals surface area contributed by atoms with Gasteiger partial charge >= 0.3 is 5.97 Å². The summed E-state index contributed by atoms with van der Waals surface area (Å²) in [7, 11) is 0. The van der Waals surface area contributed by atoms with Crippen molar-refractivity contribution in [2.75, 3.05) is 11.9 Å². The lowest BCUT2D eigenvalue weighted by atomic mass is 10.1. The van der Waals surface area contributed by atoms with Gasteiger partial charge in [0.05, 0.1) is 9.26 Å². The van der Waals surface area contributed by atoms with Crippen LogP contribution in [0, 0.1) is 9.49 Å². The summed E-state index contributed by atoms with van der Waals surface area (Å²) < 4.78 is 1.03. The van der Waals surface area contributed by atoms with Crippen molar-refractivity contribution in [3.05, 3.63) is 15.6 Å². The van der Waals surface area contributed by atoms with Crippen molar-refractivity contribution < 1.29 is 9.90 Å². The van der Waals surface area contributed by atoms with Gasteiger partial charge in [0.15, 0.2) is 0 Å². The zero-order valence-corrected chi connectivity index (χ0v) is 12.8. The van der Waals surface area contributed by atoms with Crippen LogP contribution in [0.25, 0.3) is 0 Å². The van der Waals surface area contributed by atoms with Gasteiger partial charge in [0.1, 0.15) is 12.1 Å². The average molecular weight is 363 g/mol. The highest BCUT2D eigenvalue weighted by atomic mass is 127. The van der Waals surface area contributed by atoms with Gasteiger partial charge in [-0.05, 0) is 41.4 Å². The minimum Gasteiger partial charge on any atom is -0.481 e. The number of halogens is 1. The second kappa shape index (κ2) is 7.50. The first-order valence-electron chi connectivity index (χ1n) is 5.95. The Morgan fingerprint density at radius 2 is 2.22 bits per heavy atom. The van der Waals surface area contributed by atoms with Crippen LogP contribution < -0.4 is 5.32 Å². The van der Waals surface area contributed by atoms with Gasteiger partial charge in [-0.15, -0.1) is 0 Å². The van der Waals surface area contributed by atoms with Crippen LogP contribution in [0.2, 0.25) is 0 Å². The third-order valence-electron chi connectivity index (χ3n) is 2.32. The molecule has 0 aliphatic rings. The van der Waals surface area contributed by atoms with Gasteiger partial charge in [-0.1, -0.05) is 13.8 Å². The Kier molecular flexibility index (Phi) is 6.31. The van der Waals surface area contributed by atoms with Gasteiger partial charge in [-0.25, -0.2) is 9.97 Å². The van der Waals surface area contributed by atoms with Crippen LogP contribution in [0.1, 0.15) is 32.4 Å². The van der Waals surface area contributed by atoms with Crippen LogP contribution in [0.4, 0.5) is 5.82 Å². The second-order valence-electron chi connectivity index (χ2n) is 4.50. The molecule has 1 aromatic rings. The molecule has 0 atom stereocenters. The summed E-state index contributed by atoms with van der Waals surface area (Å²) in [4.78, 5) is 18.9. The van der Waals surface area contributed by atoms with E-state index in [4.69, 9.17) is 5.11 Å². The number of aromatic nitrogens is 2. The maximum atomic E-state index is 10.4. The number of anilines is 1. The largest absolute Gasteiger partial charge is 0.481 e. The third kappa shape index (κ3) is 5.16. The van der Waals surface area contributed by atoms with E-state index in [0.29, 0.717) is 18.9 Å². The van der Waals surface area contributed by atoms with Gasteiger partial charge in [0.2, 0.25) is 0 Å². The Morgan fingerprint density at radius 1 is 1.50 bits per heavy atom. The van der Waals surface area contributed by atoms with Crippen molar-refractivity contribution >= 4 is 34.4 Å². The molecule has 0 aliphatic heterocycles. The molecule has 0 spiro atoms. The van der Waals surface area contributed by atoms with E-state index in [9.17, 15) is 4.79 Å². The molecule has 0 radical (unpaired) electrons. The Bertz CT molecular complexity index is 410. The molecule has 6 heteroatoms. The van der Waals surface area contributed by atoms with E-state index in [1.807, 2.05) is 0 Å². The molecule has 0 saturated carbocycles. The van der Waals surface area contributed by atoms with Crippen molar-refractivity contribution in [3.63, 3.8) is 0 Å². The van der Waals surface area contributed by atoms with Crippen molar-refractivity contribution in [2.24, 2.45) is 5.92 Å². The topological polar surface area (TPSA) is 75.1 Å². The Balaban J connectivity index is 2.57. The fraction of sp³-hybridized carbons (Fsp3) is 0.583. The standard InChI is InChI=1S/C12H18IN3O2/c1-8(2)6-9-11(13)12(16-7-15-9)14-5-3-4-10(17)18/h7-8H,3-6H2,1-2H3,(H,17,18)(H,14,15,16). The number of nitrogens with one attached hydrogen (secondary N) is 1. The Morgan fingerprint density at radius 3 is 2.83 bits per heavy atom. The van der Waals surface area contributed by atoms with E-state index < -0.39 is 5.97 Å². The van der Waals surface area contributed by atoms with Gasteiger partial charge < -0.3 is 10.4 Å². The monoisotopic (exact) mass is 363 g/mol. The van der Waals surface area contributed by atoms with Gasteiger partial charge in [-0.2, -0.15) is 0 Å². The molecule has 1 rings (SSSR count). The van der Waals surface area contributed by atoms with Crippen LogP contribution in [0.5, 0.6) is 0 Å². The molecule has 5 nitrogen and oxygen atoms in total. The van der Waals surface area contributed by atoms with Crippen molar-refractivity contribution in [1.29, 1.82) is 0 Å². The number of carboxylic acid groups (broad SMARTS) is 1. The highest BCUT2D eigenvalue weighted by Gasteiger charge is 2.09. The Labute approximate surface area is 121 Å². The molecule has 2 N–H and O–H groups in total. The molecule has 0 unspecified atom stereocenters. The van der Waals surface area contributed by atoms with Crippen molar-refractivity contribution in [1.82, 2.24) is 9.97 Å². The predicted octanol–water partition coefficient (Wildman–Crippen LogP) is 2.56. The number of aliphatic carboxylic acids is 1. The first-order chi connectivity index (χ1) is 8.50. The second-order valence-corrected chi connectivity index (χ2v) is 5.58. The van der Waals surface area contributed by atoms with Crippen LogP contribution in [-0.4, -0.2) is 27.6 Å². The van der Waals surface area contributed by atoms with E-state index >= 15 is 0 Å². The summed E-state index contributed by atoms with van der Waals surface area (Å²) in [5, 5.41) is 11.7. The van der Waals surface area contributed by atoms with E-state index in [1.165, 1.54) is 0 Å². The van der Waals surface area contributed by atoms with E-state index in [2.05, 4.69) is 51.7 Å². The number of hydrogen-bond acceptors (Lipinski definition) is 4. The van der Waals surface area contributed by atoms with Crippen LogP contribution in [0.15, 0.2) is 6.33 Å². The zero-order valence-electron chi connectivity index (χ0n) is 10.6. The molecule has 0 saturated heterocycles. The van der Waals surface area contributed by atoms with E-state index in [-0.39, 0.29) is 6.42 Å². The summed E-state index contributed by atoms with van der Waals surface area (Å²) in [6.45, 7) is 4.91. The molecule has 0 amide bonds. The molecule has 0 bridgehead atoms. The van der Waals surface area contributed by atoms with Crippen molar-refractivity contribution in [2.45, 2.75) is 33.1 Å². The number of nitrogens with zero attached hydrogens (tertiary/aromatic N) is 2. The normalized spacial score (nSPS) is 10.7. The maximum absolute atomic E-state index is 10.4. The van der Waals surface area contributed by atoms with Gasteiger partial charge in [0.25, 0.3) is 0 Å². The number of hydrogen-bond donors (Lipinski definition) is 2. The highest BCUT2D eigenvalue weighted by Crippen LogP contribution is 2.20. The lowest BCUT2D eigenvalue weighted by Gasteiger charge is -2.11. The van der Waals surface area contributed by atoms with Gasteiger partial charge in [-0.3, -0.25) is 4.79 Å². The third-order valence-corrected chi connectivity index (χ3v) is 3.46. The number of rotatable bonds is 7. The zero-order chi connectivity index (χ0) is 13.5. The molecular weight excluding hydrogens is 345 g/mol. The first-order valence-corrected chi connectivity index (χ1v) is 7.03. The summed E-state index contributed by atoms with van der Waals surface area (Å²) in [6, 6.07) is 0. The predicted molar refractivity (Wildman–Crippen MR) is 78.7 cm³/mol. The fourth-order valence-corrected chi connectivity index (χ4v) is 2.19. The average Bonchev–Trinajstić information content (AvgIpc) is 2.28. The molecular formula is C12H18IN3O2. The summed E-state index contributed by atoms with van der Waals surface area (Å²) in [5.41, 5.74) is 1.04. The van der Waals surface area contributed by atoms with E-state index in [0.717, 1.165) is 21.5 Å². The smallest absolute Gasteiger partial charge is 0.303 e. The maximum Gasteiger partial charge on any atom is 0.303 e. The lowest BCUT2D eigenvalue weighted by molar-refractivity contribution is -0.137. The van der Waals surface area contributed by atoms with Crippen LogP contribution >= 0.6 is 22.6 Å². The highest BCUT2D eigenvalue weighted by molar-refractivity contribution is 14.1. The van der Waals surface area contributed by atoms with Crippen LogP contribution in [0.3, 0.4) is 0 Å². The van der Waals surface area contributed by atoms with Crippen LogP contribution in [-0.2, 0) is 11.2 Å². The quantitative estimate of drug-likeness (QED) is 0.575. The lowest BCUT2D eigenvalue weighted by Crippen LogP contribution is -2.10. The SMILES string of the molecule is CC(C)Cc1ncnc(NCCCC(=O)O)c1I. The molecule has 0 aliphatic carbocycles. The Hall–Kier alpha value is -0.920. The summed E-state index contributed by atoms with van der Waals surface area (Å²) >= 11 is 2.24.